The standard InChI is InChI=1S/C24H31F3N8O2/c25-5-6-28-21(16-36)34-9-7-33(8-10-34)19-15-20(35-11-13-37-14-12-35)30-23(29-19)24(22(26)27)31-17-3-1-2-4-18(17)32-24/h1-4,15-16,21-22,28,31-32H,5-14H2. The molecule has 4 heterocycles. The lowest BCUT2D eigenvalue weighted by molar-refractivity contribution is -0.113. The molecule has 0 bridgehead atoms. The molecule has 0 aliphatic carbocycles. The van der Waals surface area contributed by atoms with Crippen LogP contribution in [0.15, 0.2) is 30.3 Å². The van der Waals surface area contributed by atoms with Crippen LogP contribution < -0.4 is 25.8 Å². The fraction of sp³-hybridized carbons (Fsp3) is 0.542. The summed E-state index contributed by atoms with van der Waals surface area (Å²) < 4.78 is 47.5. The summed E-state index contributed by atoms with van der Waals surface area (Å²) in [7, 11) is 0. The van der Waals surface area contributed by atoms with E-state index >= 15 is 0 Å². The van der Waals surface area contributed by atoms with Crippen LogP contribution in [0.1, 0.15) is 5.82 Å². The van der Waals surface area contributed by atoms with Crippen molar-refractivity contribution in [3.05, 3.63) is 36.2 Å². The van der Waals surface area contributed by atoms with Crippen molar-refractivity contribution < 1.29 is 22.7 Å². The van der Waals surface area contributed by atoms with Crippen molar-refractivity contribution in [2.24, 2.45) is 0 Å². The second-order valence-corrected chi connectivity index (χ2v) is 9.16. The highest BCUT2D eigenvalue weighted by atomic mass is 19.3. The Kier molecular flexibility index (Phi) is 7.63. The van der Waals surface area contributed by atoms with Gasteiger partial charge in [0.15, 0.2) is 12.1 Å². The third-order valence-electron chi connectivity index (χ3n) is 6.91. The normalized spacial score (nSPS) is 20.3. The number of carbonyl (C=O) groups excluding carboxylic acids is 1. The molecule has 1 aromatic heterocycles. The minimum atomic E-state index is -2.85. The number of benzene rings is 1. The molecule has 0 radical (unpaired) electrons. The number of halogens is 3. The van der Waals surface area contributed by atoms with E-state index in [1.54, 1.807) is 24.3 Å². The molecule has 200 valence electrons. The number of rotatable bonds is 9. The summed E-state index contributed by atoms with van der Waals surface area (Å²) in [5.41, 5.74) is -0.875. The Morgan fingerprint density at radius 2 is 1.59 bits per heavy atom. The SMILES string of the molecule is O=CC(NCCF)N1CCN(c2cc(N3CCOCC3)nc(C3(C(F)F)Nc4ccccc4N3)n2)CC1. The number of para-hydroxylation sites is 2. The maximum atomic E-state index is 14.7. The molecule has 3 N–H and O–H groups in total. The zero-order valence-electron chi connectivity index (χ0n) is 20.4. The summed E-state index contributed by atoms with van der Waals surface area (Å²) >= 11 is 0. The largest absolute Gasteiger partial charge is 0.378 e. The van der Waals surface area contributed by atoms with Gasteiger partial charge in [-0.25, -0.2) is 23.1 Å². The first-order valence-electron chi connectivity index (χ1n) is 12.4. The number of anilines is 4. The number of aromatic nitrogens is 2. The smallest absolute Gasteiger partial charge is 0.286 e. The highest BCUT2D eigenvalue weighted by molar-refractivity contribution is 5.77. The number of aldehydes is 1. The second kappa shape index (κ2) is 11.1. The van der Waals surface area contributed by atoms with Crippen molar-refractivity contribution >= 4 is 29.3 Å². The van der Waals surface area contributed by atoms with E-state index in [9.17, 15) is 18.0 Å². The van der Waals surface area contributed by atoms with Crippen LogP contribution in [0.3, 0.4) is 0 Å². The van der Waals surface area contributed by atoms with Crippen LogP contribution >= 0.6 is 0 Å². The number of ether oxygens (including phenoxy) is 1. The Labute approximate surface area is 213 Å². The monoisotopic (exact) mass is 520 g/mol. The zero-order valence-corrected chi connectivity index (χ0v) is 20.4. The summed E-state index contributed by atoms with van der Waals surface area (Å²) in [4.78, 5) is 26.7. The number of fused-ring (bicyclic) bond motifs is 1. The van der Waals surface area contributed by atoms with Gasteiger partial charge in [-0.2, -0.15) is 0 Å². The molecule has 2 aromatic rings. The Morgan fingerprint density at radius 1 is 1.00 bits per heavy atom. The van der Waals surface area contributed by atoms with Crippen LogP contribution in [0.5, 0.6) is 0 Å². The van der Waals surface area contributed by atoms with Crippen LogP contribution in [-0.4, -0.2) is 99.4 Å². The molecule has 3 aliphatic heterocycles. The molecule has 3 aliphatic rings. The summed E-state index contributed by atoms with van der Waals surface area (Å²) in [6.45, 7) is 3.85. The van der Waals surface area contributed by atoms with Gasteiger partial charge in [0.05, 0.1) is 24.6 Å². The zero-order chi connectivity index (χ0) is 25.8. The summed E-state index contributed by atoms with van der Waals surface area (Å²) in [5, 5.41) is 8.77. The predicted octanol–water partition coefficient (Wildman–Crippen LogP) is 1.47. The molecule has 5 rings (SSSR count). The quantitative estimate of drug-likeness (QED) is 0.422. The Morgan fingerprint density at radius 3 is 2.14 bits per heavy atom. The molecule has 13 heteroatoms. The van der Waals surface area contributed by atoms with Crippen molar-refractivity contribution in [3.8, 4) is 0 Å². The van der Waals surface area contributed by atoms with Gasteiger partial charge in [-0.05, 0) is 12.1 Å². The number of piperazine rings is 1. The molecular formula is C24H31F3N8O2. The van der Waals surface area contributed by atoms with Gasteiger partial charge < -0.3 is 30.0 Å². The van der Waals surface area contributed by atoms with Crippen molar-refractivity contribution in [2.45, 2.75) is 18.3 Å². The number of alkyl halides is 3. The molecule has 0 saturated carbocycles. The highest BCUT2D eigenvalue weighted by Crippen LogP contribution is 2.42. The average Bonchev–Trinajstić information content (AvgIpc) is 3.35. The minimum absolute atomic E-state index is 0.0458. The van der Waals surface area contributed by atoms with Crippen molar-refractivity contribution in [1.82, 2.24) is 20.2 Å². The van der Waals surface area contributed by atoms with Crippen LogP contribution in [0.2, 0.25) is 0 Å². The molecule has 1 atom stereocenters. The molecule has 0 amide bonds. The van der Waals surface area contributed by atoms with Crippen LogP contribution in [-0.2, 0) is 15.2 Å². The van der Waals surface area contributed by atoms with Gasteiger partial charge in [-0.3, -0.25) is 10.2 Å². The van der Waals surface area contributed by atoms with Gasteiger partial charge in [0.2, 0.25) is 5.66 Å². The lowest BCUT2D eigenvalue weighted by Crippen LogP contribution is -2.56. The van der Waals surface area contributed by atoms with E-state index < -0.39 is 24.9 Å². The van der Waals surface area contributed by atoms with Gasteiger partial charge >= 0.3 is 0 Å². The number of carbonyl (C=O) groups is 1. The molecule has 1 unspecified atom stereocenters. The first-order valence-corrected chi connectivity index (χ1v) is 12.4. The molecule has 2 fully saturated rings. The first kappa shape index (κ1) is 25.5. The van der Waals surface area contributed by atoms with E-state index in [0.29, 0.717) is 75.5 Å². The number of morpholine rings is 1. The van der Waals surface area contributed by atoms with Gasteiger partial charge in [-0.1, -0.05) is 12.1 Å². The number of hydrogen-bond donors (Lipinski definition) is 3. The van der Waals surface area contributed by atoms with Crippen LogP contribution in [0.4, 0.5) is 36.2 Å². The highest BCUT2D eigenvalue weighted by Gasteiger charge is 2.50. The van der Waals surface area contributed by atoms with E-state index in [1.165, 1.54) is 0 Å². The lowest BCUT2D eigenvalue weighted by Gasteiger charge is -2.39. The molecule has 10 nitrogen and oxygen atoms in total. The van der Waals surface area contributed by atoms with Gasteiger partial charge in [-0.15, -0.1) is 0 Å². The second-order valence-electron chi connectivity index (χ2n) is 9.16. The summed E-state index contributed by atoms with van der Waals surface area (Å²) in [6.07, 6.45) is -2.65. The minimum Gasteiger partial charge on any atom is -0.378 e. The van der Waals surface area contributed by atoms with Crippen molar-refractivity contribution in [3.63, 3.8) is 0 Å². The average molecular weight is 521 g/mol. The Balaban J connectivity index is 1.45. The molecular weight excluding hydrogens is 489 g/mol. The van der Waals surface area contributed by atoms with E-state index in [0.717, 1.165) is 6.29 Å². The molecule has 1 aromatic carbocycles. The number of nitrogens with zero attached hydrogens (tertiary/aromatic N) is 5. The predicted molar refractivity (Wildman–Crippen MR) is 134 cm³/mol. The van der Waals surface area contributed by atoms with Gasteiger partial charge in [0.1, 0.15) is 24.5 Å². The molecule has 0 spiro atoms. The Hall–Kier alpha value is -3.16. The first-order chi connectivity index (χ1) is 18.0. The Bertz CT molecular complexity index is 1050. The van der Waals surface area contributed by atoms with Gasteiger partial charge in [0, 0.05) is 51.9 Å². The number of hydrogen-bond acceptors (Lipinski definition) is 10. The van der Waals surface area contributed by atoms with Crippen LogP contribution in [0, 0.1) is 0 Å². The topological polar surface area (TPSA) is 97.9 Å². The molecule has 37 heavy (non-hydrogen) atoms. The van der Waals surface area contributed by atoms with E-state index in [1.807, 2.05) is 20.8 Å². The van der Waals surface area contributed by atoms with Crippen molar-refractivity contribution in [1.29, 1.82) is 0 Å². The number of nitrogens with one attached hydrogen (secondary N) is 3. The van der Waals surface area contributed by atoms with Crippen molar-refractivity contribution in [2.75, 3.05) is 86.1 Å². The fourth-order valence-electron chi connectivity index (χ4n) is 4.89. The van der Waals surface area contributed by atoms with E-state index in [2.05, 4.69) is 25.9 Å². The summed E-state index contributed by atoms with van der Waals surface area (Å²) in [5.74, 6) is 1.04. The molecule has 2 saturated heterocycles. The third-order valence-corrected chi connectivity index (χ3v) is 6.91. The van der Waals surface area contributed by atoms with E-state index in [-0.39, 0.29) is 12.4 Å². The van der Waals surface area contributed by atoms with Crippen LogP contribution in [0.25, 0.3) is 0 Å². The third kappa shape index (κ3) is 5.15. The maximum Gasteiger partial charge on any atom is 0.286 e. The maximum absolute atomic E-state index is 14.7. The van der Waals surface area contributed by atoms with Gasteiger partial charge in [0.25, 0.3) is 6.43 Å². The lowest BCUT2D eigenvalue weighted by atomic mass is 10.1. The fourth-order valence-corrected chi connectivity index (χ4v) is 4.89. The summed E-state index contributed by atoms with van der Waals surface area (Å²) in [6, 6.07) is 8.85. The van der Waals surface area contributed by atoms with E-state index in [4.69, 9.17) is 4.74 Å².